The zero-order chi connectivity index (χ0) is 19.4. The summed E-state index contributed by atoms with van der Waals surface area (Å²) in [6, 6.07) is 9.03. The Balaban J connectivity index is 1.56. The number of hydrogen-bond acceptors (Lipinski definition) is 5. The topological polar surface area (TPSA) is 99.2 Å². The summed E-state index contributed by atoms with van der Waals surface area (Å²) in [6.45, 7) is 1.45. The molecule has 3 rings (SSSR count). The Morgan fingerprint density at radius 2 is 1.85 bits per heavy atom. The third-order valence-electron chi connectivity index (χ3n) is 4.89. The summed E-state index contributed by atoms with van der Waals surface area (Å²) in [5.74, 6) is -0.164. The zero-order valence-electron chi connectivity index (χ0n) is 15.3. The highest BCUT2D eigenvalue weighted by atomic mass is 32.2. The van der Waals surface area contributed by atoms with Crippen LogP contribution in [0.4, 0.5) is 5.69 Å². The van der Waals surface area contributed by atoms with Gasteiger partial charge in [-0.05, 0) is 30.9 Å². The molecule has 8 nitrogen and oxygen atoms in total. The van der Waals surface area contributed by atoms with Crippen molar-refractivity contribution in [1.82, 2.24) is 9.62 Å². The molecule has 0 bridgehead atoms. The first-order valence-corrected chi connectivity index (χ1v) is 10.9. The van der Waals surface area contributed by atoms with Gasteiger partial charge in [0.05, 0.1) is 11.9 Å². The summed E-state index contributed by atoms with van der Waals surface area (Å²) in [5.41, 5.74) is 0.979. The highest BCUT2D eigenvalue weighted by molar-refractivity contribution is 7.88. The molecular weight excluding hydrogens is 368 g/mol. The number of hydrazone groups is 1. The van der Waals surface area contributed by atoms with Gasteiger partial charge in [0, 0.05) is 32.5 Å². The second kappa shape index (κ2) is 8.18. The zero-order valence-corrected chi connectivity index (χ0v) is 16.1. The van der Waals surface area contributed by atoms with Crippen LogP contribution in [-0.2, 0) is 19.6 Å². The molecule has 0 radical (unpaired) electrons. The Morgan fingerprint density at radius 3 is 2.48 bits per heavy atom. The number of piperidine rings is 1. The normalized spacial score (nSPS) is 19.7. The lowest BCUT2D eigenvalue weighted by molar-refractivity contribution is -0.119. The molecule has 2 aliphatic heterocycles. The third kappa shape index (κ3) is 4.92. The molecular formula is C18H24N4O4S. The van der Waals surface area contributed by atoms with Crippen molar-refractivity contribution in [3.05, 3.63) is 30.3 Å². The molecule has 0 aliphatic carbocycles. The molecule has 1 fully saturated rings. The molecule has 0 spiro atoms. The van der Waals surface area contributed by atoms with E-state index in [9.17, 15) is 18.0 Å². The van der Waals surface area contributed by atoms with Crippen molar-refractivity contribution in [2.24, 2.45) is 11.0 Å². The number of benzene rings is 1. The standard InChI is InChI=1S/C18H24N4O4S/c1-27(25,26)21-11-9-14(10-12-21)13-19-18(24)16-7-8-17(23)22(20-16)15-5-3-2-4-6-15/h2-6,14H,7-13H2,1H3,(H,19,24). The second-order valence-electron chi connectivity index (χ2n) is 6.90. The molecule has 27 heavy (non-hydrogen) atoms. The number of carbonyl (C=O) groups excluding carboxylic acids is 2. The Hall–Kier alpha value is -2.26. The van der Waals surface area contributed by atoms with E-state index in [-0.39, 0.29) is 24.2 Å². The van der Waals surface area contributed by atoms with Crippen LogP contribution in [0.25, 0.3) is 0 Å². The van der Waals surface area contributed by atoms with Crippen molar-refractivity contribution in [3.63, 3.8) is 0 Å². The minimum absolute atomic E-state index is 0.133. The summed E-state index contributed by atoms with van der Waals surface area (Å²) in [6.07, 6.45) is 3.22. The first-order chi connectivity index (χ1) is 12.8. The fourth-order valence-corrected chi connectivity index (χ4v) is 4.15. The maximum atomic E-state index is 12.5. The predicted octanol–water partition coefficient (Wildman–Crippen LogP) is 0.957. The van der Waals surface area contributed by atoms with Gasteiger partial charge in [-0.15, -0.1) is 0 Å². The fourth-order valence-electron chi connectivity index (χ4n) is 3.27. The van der Waals surface area contributed by atoms with E-state index in [1.165, 1.54) is 15.6 Å². The smallest absolute Gasteiger partial charge is 0.267 e. The van der Waals surface area contributed by atoms with Crippen LogP contribution in [0.3, 0.4) is 0 Å². The van der Waals surface area contributed by atoms with Crippen molar-refractivity contribution >= 4 is 33.2 Å². The van der Waals surface area contributed by atoms with Crippen LogP contribution in [0, 0.1) is 5.92 Å². The Kier molecular flexibility index (Phi) is 5.91. The molecule has 9 heteroatoms. The summed E-state index contributed by atoms with van der Waals surface area (Å²) in [4.78, 5) is 24.6. The van der Waals surface area contributed by atoms with E-state index in [1.54, 1.807) is 12.1 Å². The molecule has 2 amide bonds. The average molecular weight is 392 g/mol. The van der Waals surface area contributed by atoms with Crippen LogP contribution < -0.4 is 10.3 Å². The molecule has 146 valence electrons. The number of amides is 2. The minimum Gasteiger partial charge on any atom is -0.351 e. The largest absolute Gasteiger partial charge is 0.351 e. The van der Waals surface area contributed by atoms with Crippen LogP contribution in [0.5, 0.6) is 0 Å². The van der Waals surface area contributed by atoms with Crippen LogP contribution in [0.15, 0.2) is 35.4 Å². The van der Waals surface area contributed by atoms with Gasteiger partial charge < -0.3 is 5.32 Å². The molecule has 0 saturated carbocycles. The molecule has 2 heterocycles. The van der Waals surface area contributed by atoms with Crippen molar-refractivity contribution < 1.29 is 18.0 Å². The second-order valence-corrected chi connectivity index (χ2v) is 8.89. The van der Waals surface area contributed by atoms with Crippen LogP contribution in [0.2, 0.25) is 0 Å². The summed E-state index contributed by atoms with van der Waals surface area (Å²) in [5, 5.41) is 8.41. The van der Waals surface area contributed by atoms with Crippen molar-refractivity contribution in [1.29, 1.82) is 0 Å². The number of rotatable bonds is 5. The van der Waals surface area contributed by atoms with E-state index in [0.717, 1.165) is 0 Å². The van der Waals surface area contributed by atoms with Gasteiger partial charge >= 0.3 is 0 Å². The van der Waals surface area contributed by atoms with Crippen molar-refractivity contribution in [2.75, 3.05) is 30.9 Å². The van der Waals surface area contributed by atoms with Gasteiger partial charge in [0.25, 0.3) is 5.91 Å². The van der Waals surface area contributed by atoms with Gasteiger partial charge in [-0.3, -0.25) is 9.59 Å². The van der Waals surface area contributed by atoms with Crippen molar-refractivity contribution in [3.8, 4) is 0 Å². The number of anilines is 1. The summed E-state index contributed by atoms with van der Waals surface area (Å²) >= 11 is 0. The van der Waals surface area contributed by atoms with E-state index >= 15 is 0 Å². The predicted molar refractivity (Wildman–Crippen MR) is 103 cm³/mol. The Morgan fingerprint density at radius 1 is 1.19 bits per heavy atom. The Labute approximate surface area is 159 Å². The van der Waals surface area contributed by atoms with E-state index in [2.05, 4.69) is 10.4 Å². The van der Waals surface area contributed by atoms with Crippen LogP contribution in [0.1, 0.15) is 25.7 Å². The molecule has 1 N–H and O–H groups in total. The average Bonchev–Trinajstić information content (AvgIpc) is 2.67. The lowest BCUT2D eigenvalue weighted by atomic mass is 9.98. The fraction of sp³-hybridized carbons (Fsp3) is 0.500. The van der Waals surface area contributed by atoms with Gasteiger partial charge in [0.1, 0.15) is 5.71 Å². The molecule has 0 aromatic heterocycles. The molecule has 1 aromatic carbocycles. The van der Waals surface area contributed by atoms with Gasteiger partial charge in [0.15, 0.2) is 0 Å². The van der Waals surface area contributed by atoms with E-state index in [1.807, 2.05) is 18.2 Å². The van der Waals surface area contributed by atoms with Gasteiger partial charge in [-0.25, -0.2) is 17.7 Å². The number of sulfonamides is 1. The maximum absolute atomic E-state index is 12.5. The number of nitrogens with one attached hydrogen (secondary N) is 1. The number of nitrogens with zero attached hydrogens (tertiary/aromatic N) is 3. The Bertz CT molecular complexity index is 830. The van der Waals surface area contributed by atoms with Crippen LogP contribution in [-0.4, -0.2) is 56.1 Å². The SMILES string of the molecule is CS(=O)(=O)N1CCC(CNC(=O)C2=NN(c3ccccc3)C(=O)CC2)CC1. The van der Waals surface area contributed by atoms with Gasteiger partial charge in [-0.2, -0.15) is 5.10 Å². The maximum Gasteiger partial charge on any atom is 0.267 e. The number of para-hydroxylation sites is 1. The number of carbonyl (C=O) groups is 2. The van der Waals surface area contributed by atoms with E-state index in [4.69, 9.17) is 0 Å². The monoisotopic (exact) mass is 392 g/mol. The molecule has 0 atom stereocenters. The lowest BCUT2D eigenvalue weighted by Crippen LogP contribution is -2.43. The highest BCUT2D eigenvalue weighted by Gasteiger charge is 2.28. The summed E-state index contributed by atoms with van der Waals surface area (Å²) < 4.78 is 24.6. The molecule has 1 aromatic rings. The first-order valence-electron chi connectivity index (χ1n) is 9.03. The van der Waals surface area contributed by atoms with Crippen molar-refractivity contribution in [2.45, 2.75) is 25.7 Å². The van der Waals surface area contributed by atoms with Gasteiger partial charge in [0.2, 0.25) is 15.9 Å². The molecule has 1 saturated heterocycles. The van der Waals surface area contributed by atoms with Gasteiger partial charge in [-0.1, -0.05) is 18.2 Å². The first kappa shape index (κ1) is 19.5. The highest BCUT2D eigenvalue weighted by Crippen LogP contribution is 2.20. The van der Waals surface area contributed by atoms with E-state index < -0.39 is 10.0 Å². The quantitative estimate of drug-likeness (QED) is 0.807. The van der Waals surface area contributed by atoms with E-state index in [0.29, 0.717) is 50.3 Å². The minimum atomic E-state index is -3.15. The molecule has 0 unspecified atom stereocenters. The third-order valence-corrected chi connectivity index (χ3v) is 6.19. The van der Waals surface area contributed by atoms with Crippen LogP contribution >= 0.6 is 0 Å². The lowest BCUT2D eigenvalue weighted by Gasteiger charge is -2.30. The summed E-state index contributed by atoms with van der Waals surface area (Å²) in [7, 11) is -3.15. The number of hydrogen-bond donors (Lipinski definition) is 1. The molecule has 2 aliphatic rings.